The molecule has 1 aromatic carbocycles. The zero-order chi connectivity index (χ0) is 13.3. The number of benzene rings is 1. The summed E-state index contributed by atoms with van der Waals surface area (Å²) in [6.45, 7) is 7.32. The number of halogens is 1. The Morgan fingerprint density at radius 1 is 1.50 bits per heavy atom. The Labute approximate surface area is 103 Å². The Hall–Kier alpha value is -0.860. The first-order valence-electron chi connectivity index (χ1n) is 5.71. The van der Waals surface area contributed by atoms with E-state index in [1.165, 1.54) is 0 Å². The van der Waals surface area contributed by atoms with E-state index >= 15 is 0 Å². The fourth-order valence-electron chi connectivity index (χ4n) is 1.47. The van der Waals surface area contributed by atoms with Crippen molar-refractivity contribution in [2.45, 2.75) is 39.3 Å². The average Bonchev–Trinajstić information content (AvgIpc) is 2.12. The van der Waals surface area contributed by atoms with Gasteiger partial charge < -0.3 is 5.32 Å². The van der Waals surface area contributed by atoms with Crippen molar-refractivity contribution in [3.8, 4) is 0 Å². The third-order valence-electron chi connectivity index (χ3n) is 1.99. The lowest BCUT2D eigenvalue weighted by Crippen LogP contribution is -2.46. The van der Waals surface area contributed by atoms with Crippen LogP contribution in [0, 0.1) is 0 Å². The van der Waals surface area contributed by atoms with Gasteiger partial charge in [-0.05, 0) is 39.8 Å². The fourth-order valence-corrected chi connectivity index (χ4v) is 1.66. The van der Waals surface area contributed by atoms with Crippen molar-refractivity contribution in [2.24, 2.45) is 0 Å². The van der Waals surface area contributed by atoms with Crippen molar-refractivity contribution in [2.75, 3.05) is 0 Å². The average molecular weight is 241 g/mol. The van der Waals surface area contributed by atoms with Crippen LogP contribution in [0.1, 0.15) is 39.4 Å². The van der Waals surface area contributed by atoms with Crippen LogP contribution in [-0.4, -0.2) is 17.3 Å². The highest BCUT2D eigenvalue weighted by molar-refractivity contribution is 6.31. The Morgan fingerprint density at radius 2 is 2.12 bits per heavy atom. The Bertz CT molecular complexity index is 424. The maximum absolute atomic E-state index is 12.2. The molecule has 0 bridgehead atoms. The predicted octanol–water partition coefficient (Wildman–Crippen LogP) is 3.30. The van der Waals surface area contributed by atoms with E-state index < -0.39 is 6.02 Å². The molecular formula is C13H18ClNO. The van der Waals surface area contributed by atoms with Gasteiger partial charge in [0.05, 0.1) is 7.39 Å². The van der Waals surface area contributed by atoms with E-state index in [1.54, 1.807) is 31.2 Å². The van der Waals surface area contributed by atoms with Gasteiger partial charge in [-0.1, -0.05) is 23.7 Å². The number of hydrogen-bond donors (Lipinski definition) is 1. The lowest BCUT2D eigenvalue weighted by Gasteiger charge is -2.25. The highest BCUT2D eigenvalue weighted by Gasteiger charge is 2.20. The van der Waals surface area contributed by atoms with Crippen molar-refractivity contribution >= 4 is 17.4 Å². The summed E-state index contributed by atoms with van der Waals surface area (Å²) >= 11 is 5.84. The van der Waals surface area contributed by atoms with Crippen molar-refractivity contribution in [1.82, 2.24) is 5.32 Å². The Kier molecular flexibility index (Phi) is 3.62. The number of nitrogens with one attached hydrogen (secondary N) is 1. The van der Waals surface area contributed by atoms with E-state index in [-0.39, 0.29) is 11.3 Å². The maximum Gasteiger partial charge on any atom is 0.179 e. The first-order chi connectivity index (χ1) is 7.62. The van der Waals surface area contributed by atoms with Gasteiger partial charge in [0.1, 0.15) is 0 Å². The minimum absolute atomic E-state index is 0.282. The van der Waals surface area contributed by atoms with Crippen LogP contribution < -0.4 is 5.32 Å². The molecule has 0 spiro atoms. The summed E-state index contributed by atoms with van der Waals surface area (Å²) in [7, 11) is 0. The molecule has 0 aliphatic heterocycles. The summed E-state index contributed by atoms with van der Waals surface area (Å²) < 4.78 is 8.09. The number of carbonyl (C=O) groups is 1. The molecule has 0 amide bonds. The third kappa shape index (κ3) is 3.95. The topological polar surface area (TPSA) is 29.1 Å². The molecule has 0 heterocycles. The Morgan fingerprint density at radius 3 is 2.62 bits per heavy atom. The van der Waals surface area contributed by atoms with Gasteiger partial charge in [0.25, 0.3) is 0 Å². The molecule has 1 unspecified atom stereocenters. The first-order valence-corrected chi connectivity index (χ1v) is 5.59. The summed E-state index contributed by atoms with van der Waals surface area (Å²) in [5, 5.41) is 3.49. The molecule has 1 N–H and O–H groups in total. The smallest absolute Gasteiger partial charge is 0.179 e. The van der Waals surface area contributed by atoms with Crippen molar-refractivity contribution in [3.63, 3.8) is 0 Å². The summed E-state index contributed by atoms with van der Waals surface area (Å²) in [6.07, 6.45) is 0. The molecule has 3 heteroatoms. The highest BCUT2D eigenvalue weighted by Crippen LogP contribution is 2.13. The summed E-state index contributed by atoms with van der Waals surface area (Å²) in [5.41, 5.74) is 0.150. The van der Waals surface area contributed by atoms with Gasteiger partial charge in [0.15, 0.2) is 5.78 Å². The summed E-state index contributed by atoms with van der Waals surface area (Å²) in [6, 6.07) is 5.31. The van der Waals surface area contributed by atoms with Gasteiger partial charge >= 0.3 is 0 Å². The van der Waals surface area contributed by atoms with E-state index in [4.69, 9.17) is 13.0 Å². The van der Waals surface area contributed by atoms with Crippen LogP contribution in [0.15, 0.2) is 24.3 Å². The molecule has 88 valence electrons. The number of hydrogen-bond acceptors (Lipinski definition) is 2. The second kappa shape index (κ2) is 4.98. The van der Waals surface area contributed by atoms with E-state index in [1.807, 2.05) is 20.8 Å². The van der Waals surface area contributed by atoms with E-state index in [2.05, 4.69) is 5.32 Å². The molecule has 0 aliphatic rings. The standard InChI is InChI=1S/C13H18ClNO/c1-9(15-13(2,3)4)12(16)10-6-5-7-11(14)8-10/h5-9,15H,1-4H3/i9D. The Balaban J connectivity index is 2.96. The molecule has 1 rings (SSSR count). The van der Waals surface area contributed by atoms with Crippen molar-refractivity contribution in [1.29, 1.82) is 0 Å². The van der Waals surface area contributed by atoms with Crippen LogP contribution in [0.4, 0.5) is 0 Å². The van der Waals surface area contributed by atoms with Crippen LogP contribution in [0.2, 0.25) is 5.02 Å². The van der Waals surface area contributed by atoms with Gasteiger partial charge in [-0.25, -0.2) is 0 Å². The van der Waals surface area contributed by atoms with E-state index in [0.29, 0.717) is 10.6 Å². The molecular weight excluding hydrogens is 222 g/mol. The molecule has 0 radical (unpaired) electrons. The van der Waals surface area contributed by atoms with Gasteiger partial charge in [0, 0.05) is 16.1 Å². The third-order valence-corrected chi connectivity index (χ3v) is 2.22. The lowest BCUT2D eigenvalue weighted by molar-refractivity contribution is 0.0936. The first kappa shape index (κ1) is 11.6. The molecule has 1 aromatic rings. The second-order valence-electron chi connectivity index (χ2n) is 4.84. The molecule has 0 aromatic heterocycles. The largest absolute Gasteiger partial charge is 0.303 e. The minimum Gasteiger partial charge on any atom is -0.303 e. The molecule has 16 heavy (non-hydrogen) atoms. The van der Waals surface area contributed by atoms with Gasteiger partial charge in [-0.3, -0.25) is 4.79 Å². The highest BCUT2D eigenvalue weighted by atomic mass is 35.5. The number of Topliss-reactive ketones (excluding diaryl/α,β-unsaturated/α-hetero) is 1. The molecule has 1 atom stereocenters. The van der Waals surface area contributed by atoms with Gasteiger partial charge in [0.2, 0.25) is 0 Å². The quantitative estimate of drug-likeness (QED) is 0.822. The molecule has 0 saturated heterocycles. The van der Waals surface area contributed by atoms with Crippen molar-refractivity contribution < 1.29 is 6.17 Å². The number of ketones is 1. The van der Waals surface area contributed by atoms with E-state index in [9.17, 15) is 4.79 Å². The SMILES string of the molecule is [2H]C(C)(NC(C)(C)C)C(=O)c1cccc(Cl)c1. The fraction of sp³-hybridized carbons (Fsp3) is 0.462. The number of rotatable bonds is 3. The zero-order valence-electron chi connectivity index (χ0n) is 11.1. The molecule has 2 nitrogen and oxygen atoms in total. The van der Waals surface area contributed by atoms with Gasteiger partial charge in [-0.2, -0.15) is 0 Å². The van der Waals surface area contributed by atoms with Crippen LogP contribution in [0.5, 0.6) is 0 Å². The van der Waals surface area contributed by atoms with Crippen molar-refractivity contribution in [3.05, 3.63) is 34.9 Å². The summed E-state index contributed by atoms with van der Waals surface area (Å²) in [5.74, 6) is -0.282. The van der Waals surface area contributed by atoms with E-state index in [0.717, 1.165) is 0 Å². The van der Waals surface area contributed by atoms with Crippen LogP contribution in [-0.2, 0) is 0 Å². The minimum atomic E-state index is -1.36. The maximum atomic E-state index is 12.2. The molecule has 0 fully saturated rings. The second-order valence-corrected chi connectivity index (χ2v) is 5.28. The van der Waals surface area contributed by atoms with Crippen LogP contribution in [0.25, 0.3) is 0 Å². The van der Waals surface area contributed by atoms with Crippen LogP contribution in [0.3, 0.4) is 0 Å². The monoisotopic (exact) mass is 240 g/mol. The summed E-state index contributed by atoms with van der Waals surface area (Å²) in [4.78, 5) is 12.2. The normalized spacial score (nSPS) is 16.4. The van der Waals surface area contributed by atoms with Crippen LogP contribution >= 0.6 is 11.6 Å². The predicted molar refractivity (Wildman–Crippen MR) is 68.1 cm³/mol. The zero-order valence-corrected chi connectivity index (χ0v) is 10.9. The molecule has 0 aliphatic carbocycles. The molecule has 0 saturated carbocycles. The number of carbonyl (C=O) groups excluding carboxylic acids is 1. The van der Waals surface area contributed by atoms with Gasteiger partial charge in [-0.15, -0.1) is 0 Å². The lowest BCUT2D eigenvalue weighted by atomic mass is 10.0.